The highest BCUT2D eigenvalue weighted by atomic mass is 16.5. The zero-order chi connectivity index (χ0) is 23.1. The van der Waals surface area contributed by atoms with Crippen molar-refractivity contribution in [3.8, 4) is 22.6 Å². The van der Waals surface area contributed by atoms with Gasteiger partial charge in [-0.25, -0.2) is 0 Å². The van der Waals surface area contributed by atoms with E-state index in [-0.39, 0.29) is 5.41 Å². The van der Waals surface area contributed by atoms with Gasteiger partial charge in [-0.05, 0) is 61.4 Å². The van der Waals surface area contributed by atoms with Crippen LogP contribution in [0, 0.1) is 0 Å². The molecule has 0 saturated heterocycles. The van der Waals surface area contributed by atoms with Crippen molar-refractivity contribution in [3.63, 3.8) is 0 Å². The van der Waals surface area contributed by atoms with E-state index in [0.717, 1.165) is 39.9 Å². The molecule has 0 fully saturated rings. The number of nitrogens with zero attached hydrogens (tertiary/aromatic N) is 1. The fourth-order valence-corrected chi connectivity index (χ4v) is 4.92. The highest BCUT2D eigenvalue weighted by molar-refractivity contribution is 5.93. The Morgan fingerprint density at radius 1 is 0.676 bits per heavy atom. The normalized spacial score (nSPS) is 13.2. The fourth-order valence-electron chi connectivity index (χ4n) is 4.92. The molecule has 1 aromatic heterocycles. The Morgan fingerprint density at radius 2 is 1.32 bits per heavy atom. The Balaban J connectivity index is 1.51. The largest absolute Gasteiger partial charge is 0.465 e. The molecule has 1 heterocycles. The van der Waals surface area contributed by atoms with Gasteiger partial charge in [0.25, 0.3) is 0 Å². The van der Waals surface area contributed by atoms with Gasteiger partial charge in [0.05, 0.1) is 5.69 Å². The van der Waals surface area contributed by atoms with Crippen LogP contribution < -0.4 is 9.64 Å². The minimum Gasteiger partial charge on any atom is -0.465 e. The van der Waals surface area contributed by atoms with Crippen LogP contribution in [0.4, 0.5) is 17.1 Å². The monoisotopic (exact) mass is 443 g/mol. The maximum Gasteiger partial charge on any atom is 0.129 e. The first-order valence-corrected chi connectivity index (χ1v) is 11.5. The quantitative estimate of drug-likeness (QED) is 0.271. The van der Waals surface area contributed by atoms with Gasteiger partial charge in [-0.1, -0.05) is 66.7 Å². The second kappa shape index (κ2) is 7.96. The molecule has 4 aromatic carbocycles. The van der Waals surface area contributed by atoms with E-state index >= 15 is 0 Å². The van der Waals surface area contributed by atoms with E-state index in [9.17, 15) is 0 Å². The molecule has 1 aliphatic rings. The first kappa shape index (κ1) is 20.4. The van der Waals surface area contributed by atoms with Gasteiger partial charge in [0, 0.05) is 28.4 Å². The lowest BCUT2D eigenvalue weighted by molar-refractivity contribution is 0.439. The Morgan fingerprint density at radius 3 is 2.12 bits per heavy atom. The summed E-state index contributed by atoms with van der Waals surface area (Å²) in [5.74, 6) is 2.60. The molecule has 0 aliphatic heterocycles. The van der Waals surface area contributed by atoms with Gasteiger partial charge in [-0.15, -0.1) is 0 Å². The molecule has 5 aromatic rings. The first-order valence-electron chi connectivity index (χ1n) is 11.5. The number of ether oxygens (including phenoxy) is 1. The molecule has 0 atom stereocenters. The van der Waals surface area contributed by atoms with Gasteiger partial charge in [0.15, 0.2) is 0 Å². The van der Waals surface area contributed by atoms with Crippen molar-refractivity contribution in [2.75, 3.05) is 4.90 Å². The summed E-state index contributed by atoms with van der Waals surface area (Å²) < 4.78 is 12.4. The molecule has 166 valence electrons. The van der Waals surface area contributed by atoms with Gasteiger partial charge in [0.1, 0.15) is 23.5 Å². The molecule has 34 heavy (non-hydrogen) atoms. The molecular weight excluding hydrogens is 418 g/mol. The van der Waals surface area contributed by atoms with Crippen LogP contribution in [0.25, 0.3) is 11.1 Å². The van der Waals surface area contributed by atoms with E-state index in [4.69, 9.17) is 9.15 Å². The molecule has 0 radical (unpaired) electrons. The summed E-state index contributed by atoms with van der Waals surface area (Å²) in [6.45, 7) is 4.46. The Labute approximate surface area is 199 Å². The third-order valence-electron chi connectivity index (χ3n) is 6.52. The molecule has 3 nitrogen and oxygen atoms in total. The fraction of sp³-hybridized carbons (Fsp3) is 0.0968. The van der Waals surface area contributed by atoms with E-state index in [1.165, 1.54) is 11.1 Å². The highest BCUT2D eigenvalue weighted by Gasteiger charge is 2.41. The Bertz CT molecular complexity index is 1450. The molecular formula is C31H25NO2. The number of rotatable bonds is 5. The average molecular weight is 444 g/mol. The van der Waals surface area contributed by atoms with E-state index < -0.39 is 0 Å². The minimum atomic E-state index is -0.190. The van der Waals surface area contributed by atoms with E-state index in [0.29, 0.717) is 0 Å². The van der Waals surface area contributed by atoms with Crippen LogP contribution in [0.3, 0.4) is 0 Å². The summed E-state index contributed by atoms with van der Waals surface area (Å²) >= 11 is 0. The maximum absolute atomic E-state index is 6.28. The lowest BCUT2D eigenvalue weighted by atomic mass is 9.86. The summed E-state index contributed by atoms with van der Waals surface area (Å²) in [5, 5.41) is 0. The smallest absolute Gasteiger partial charge is 0.129 e. The van der Waals surface area contributed by atoms with Crippen molar-refractivity contribution in [3.05, 3.63) is 127 Å². The predicted octanol–water partition coefficient (Wildman–Crippen LogP) is 8.85. The van der Waals surface area contributed by atoms with Crippen molar-refractivity contribution < 1.29 is 9.15 Å². The Hall–Kier alpha value is -4.24. The lowest BCUT2D eigenvalue weighted by Crippen LogP contribution is -2.14. The third-order valence-corrected chi connectivity index (χ3v) is 6.52. The van der Waals surface area contributed by atoms with Crippen molar-refractivity contribution in [2.24, 2.45) is 0 Å². The van der Waals surface area contributed by atoms with Gasteiger partial charge >= 0.3 is 0 Å². The minimum absolute atomic E-state index is 0.190. The topological polar surface area (TPSA) is 25.6 Å². The van der Waals surface area contributed by atoms with Crippen LogP contribution in [0.5, 0.6) is 11.5 Å². The molecule has 0 bridgehead atoms. The summed E-state index contributed by atoms with van der Waals surface area (Å²) in [6, 6.07) is 37.1. The second-order valence-corrected chi connectivity index (χ2v) is 9.08. The summed E-state index contributed by atoms with van der Waals surface area (Å²) in [5.41, 5.74) is 6.57. The summed E-state index contributed by atoms with van der Waals surface area (Å²) in [4.78, 5) is 2.25. The first-order chi connectivity index (χ1) is 16.6. The predicted molar refractivity (Wildman–Crippen MR) is 137 cm³/mol. The number of para-hydroxylation sites is 2. The summed E-state index contributed by atoms with van der Waals surface area (Å²) in [7, 11) is 0. The molecule has 3 heteroatoms. The molecule has 6 rings (SSSR count). The van der Waals surface area contributed by atoms with Crippen molar-refractivity contribution in [1.29, 1.82) is 0 Å². The van der Waals surface area contributed by atoms with E-state index in [1.807, 2.05) is 54.8 Å². The average Bonchev–Trinajstić information content (AvgIpc) is 3.40. The number of hydrogen-bond donors (Lipinski definition) is 0. The number of hydrogen-bond acceptors (Lipinski definition) is 3. The van der Waals surface area contributed by atoms with Gasteiger partial charge in [-0.2, -0.15) is 0 Å². The Kier molecular flexibility index (Phi) is 4.77. The van der Waals surface area contributed by atoms with Gasteiger partial charge in [-0.3, -0.25) is 0 Å². The molecule has 0 unspecified atom stereocenters. The molecule has 0 spiro atoms. The van der Waals surface area contributed by atoms with Crippen LogP contribution in [-0.2, 0) is 5.41 Å². The highest BCUT2D eigenvalue weighted by Crippen LogP contribution is 2.55. The molecule has 0 amide bonds. The van der Waals surface area contributed by atoms with Crippen LogP contribution in [0.15, 0.2) is 120 Å². The zero-order valence-electron chi connectivity index (χ0n) is 19.2. The molecule has 0 saturated carbocycles. The SMILES string of the molecule is CC1(C)c2ccccc2-c2c(N(c3ccccc3)c3cccc(Oc4ccccc4)c3)coc21. The third kappa shape index (κ3) is 3.29. The van der Waals surface area contributed by atoms with E-state index in [1.54, 1.807) is 0 Å². The van der Waals surface area contributed by atoms with Gasteiger partial charge in [0.2, 0.25) is 0 Å². The van der Waals surface area contributed by atoms with Crippen molar-refractivity contribution in [1.82, 2.24) is 0 Å². The van der Waals surface area contributed by atoms with Crippen LogP contribution >= 0.6 is 0 Å². The molecule has 1 aliphatic carbocycles. The lowest BCUT2D eigenvalue weighted by Gasteiger charge is -2.25. The maximum atomic E-state index is 6.28. The van der Waals surface area contributed by atoms with Gasteiger partial charge < -0.3 is 14.1 Å². The number of fused-ring (bicyclic) bond motifs is 3. The number of anilines is 3. The standard InChI is InChI=1S/C31H25NO2/c1-31(2)27-19-10-9-18-26(27)29-28(21-33-30(29)31)32(22-12-5-3-6-13-22)23-14-11-17-25(20-23)34-24-15-7-4-8-16-24/h3-21H,1-2H3. The van der Waals surface area contributed by atoms with Crippen LogP contribution in [-0.4, -0.2) is 0 Å². The van der Waals surface area contributed by atoms with Crippen LogP contribution in [0.1, 0.15) is 25.2 Å². The molecule has 0 N–H and O–H groups in total. The number of furan rings is 1. The second-order valence-electron chi connectivity index (χ2n) is 9.08. The van der Waals surface area contributed by atoms with E-state index in [2.05, 4.69) is 79.4 Å². The summed E-state index contributed by atoms with van der Waals surface area (Å²) in [6.07, 6.45) is 1.89. The van der Waals surface area contributed by atoms with Crippen molar-refractivity contribution in [2.45, 2.75) is 19.3 Å². The number of benzene rings is 4. The van der Waals surface area contributed by atoms with Crippen LogP contribution in [0.2, 0.25) is 0 Å². The zero-order valence-corrected chi connectivity index (χ0v) is 19.2. The van der Waals surface area contributed by atoms with Crippen molar-refractivity contribution >= 4 is 17.1 Å².